The molecule has 11 nitrogen and oxygen atoms in total. The second-order valence-electron chi connectivity index (χ2n) is 5.52. The number of carbonyl (C=O) groups excluding carboxylic acids is 2. The molecule has 2 amide bonds. The topological polar surface area (TPSA) is 146 Å². The fourth-order valence-electron chi connectivity index (χ4n) is 2.89. The van der Waals surface area contributed by atoms with Crippen LogP contribution in [0.25, 0.3) is 10.9 Å². The molecule has 1 aromatic heterocycles. The van der Waals surface area contributed by atoms with E-state index in [1.54, 1.807) is 0 Å². The van der Waals surface area contributed by atoms with E-state index in [0.29, 0.717) is 11.0 Å². The molecular formula is C14H9ClN4O7. The van der Waals surface area contributed by atoms with Crippen LogP contribution in [0, 0.1) is 20.2 Å². The van der Waals surface area contributed by atoms with Gasteiger partial charge in [0, 0.05) is 31.3 Å². The van der Waals surface area contributed by atoms with Crippen molar-refractivity contribution in [1.29, 1.82) is 0 Å². The van der Waals surface area contributed by atoms with Crippen molar-refractivity contribution in [3.05, 3.63) is 47.7 Å². The van der Waals surface area contributed by atoms with Crippen LogP contribution >= 0.6 is 11.6 Å². The summed E-state index contributed by atoms with van der Waals surface area (Å²) < 4.78 is 0.855. The second kappa shape index (κ2) is 5.88. The van der Waals surface area contributed by atoms with Gasteiger partial charge in [0.1, 0.15) is 10.5 Å². The Balaban J connectivity index is 2.58. The Morgan fingerprint density at radius 3 is 2.12 bits per heavy atom. The van der Waals surface area contributed by atoms with Crippen molar-refractivity contribution in [3.63, 3.8) is 0 Å². The zero-order chi connectivity index (χ0) is 19.3. The average Bonchev–Trinajstić information content (AvgIpc) is 2.91. The lowest BCUT2D eigenvalue weighted by Crippen LogP contribution is -2.32. The first-order valence-electron chi connectivity index (χ1n) is 7.16. The van der Waals surface area contributed by atoms with Crippen molar-refractivity contribution in [2.45, 2.75) is 12.8 Å². The highest BCUT2D eigenvalue weighted by Crippen LogP contribution is 2.40. The summed E-state index contributed by atoms with van der Waals surface area (Å²) in [5.41, 5.74) is -2.88. The zero-order valence-corrected chi connectivity index (χ0v) is 13.8. The smallest absolute Gasteiger partial charge is 0.300 e. The molecule has 1 fully saturated rings. The van der Waals surface area contributed by atoms with Gasteiger partial charge < -0.3 is 4.57 Å². The summed E-state index contributed by atoms with van der Waals surface area (Å²) in [6.45, 7) is 0. The number of pyridine rings is 1. The lowest BCUT2D eigenvalue weighted by Gasteiger charge is -2.19. The minimum Gasteiger partial charge on any atom is -0.304 e. The van der Waals surface area contributed by atoms with Crippen molar-refractivity contribution < 1.29 is 19.4 Å². The van der Waals surface area contributed by atoms with Gasteiger partial charge >= 0.3 is 5.69 Å². The van der Waals surface area contributed by atoms with Crippen LogP contribution in [0.1, 0.15) is 12.8 Å². The van der Waals surface area contributed by atoms with Gasteiger partial charge in [-0.2, -0.15) is 0 Å². The molecule has 1 aromatic carbocycles. The third-order valence-corrected chi connectivity index (χ3v) is 4.39. The number of hydrogen-bond donors (Lipinski definition) is 0. The number of nitrogens with zero attached hydrogens (tertiary/aromatic N) is 4. The molecule has 0 radical (unpaired) electrons. The van der Waals surface area contributed by atoms with Crippen LogP contribution in [-0.4, -0.2) is 26.2 Å². The number of aryl methyl sites for hydroxylation is 1. The van der Waals surface area contributed by atoms with Gasteiger partial charge in [-0.15, -0.1) is 0 Å². The van der Waals surface area contributed by atoms with Crippen molar-refractivity contribution in [2.24, 2.45) is 7.05 Å². The number of rotatable bonds is 3. The molecule has 134 valence electrons. The number of benzene rings is 1. The number of hydrogen-bond acceptors (Lipinski definition) is 7. The maximum absolute atomic E-state index is 12.4. The van der Waals surface area contributed by atoms with Crippen LogP contribution in [0.15, 0.2) is 16.9 Å². The molecule has 26 heavy (non-hydrogen) atoms. The number of aromatic nitrogens is 1. The summed E-state index contributed by atoms with van der Waals surface area (Å²) in [4.78, 5) is 58.0. The van der Waals surface area contributed by atoms with Crippen molar-refractivity contribution >= 4 is 51.4 Å². The van der Waals surface area contributed by atoms with Crippen LogP contribution in [0.5, 0.6) is 0 Å². The Labute approximate surface area is 148 Å². The number of carbonyl (C=O) groups is 2. The fourth-order valence-corrected chi connectivity index (χ4v) is 3.21. The maximum Gasteiger partial charge on any atom is 0.300 e. The molecule has 0 spiro atoms. The second-order valence-corrected chi connectivity index (χ2v) is 5.90. The highest BCUT2D eigenvalue weighted by Gasteiger charge is 2.36. The van der Waals surface area contributed by atoms with E-state index in [0.717, 1.165) is 10.6 Å². The molecule has 0 saturated carbocycles. The standard InChI is InChI=1S/C14H9ClN4O7/c1-16-12-7(4-6(18(23)24)5-8(12)19(25)26)13(11(15)14(16)22)17-9(20)2-3-10(17)21/h4-5H,2-3H2,1H3. The summed E-state index contributed by atoms with van der Waals surface area (Å²) in [5, 5.41) is 21.8. The van der Waals surface area contributed by atoms with Gasteiger partial charge in [-0.3, -0.25) is 34.6 Å². The Bertz CT molecular complexity index is 1080. The maximum atomic E-state index is 12.4. The highest BCUT2D eigenvalue weighted by molar-refractivity contribution is 6.38. The van der Waals surface area contributed by atoms with E-state index in [1.807, 2.05) is 0 Å². The first-order chi connectivity index (χ1) is 12.1. The van der Waals surface area contributed by atoms with Crippen LogP contribution in [0.3, 0.4) is 0 Å². The summed E-state index contributed by atoms with van der Waals surface area (Å²) >= 11 is 6.03. The largest absolute Gasteiger partial charge is 0.304 e. The average molecular weight is 381 g/mol. The molecule has 2 heterocycles. The molecule has 1 aliphatic rings. The number of anilines is 1. The predicted molar refractivity (Wildman–Crippen MR) is 89.2 cm³/mol. The first kappa shape index (κ1) is 17.5. The zero-order valence-electron chi connectivity index (χ0n) is 13.1. The van der Waals surface area contributed by atoms with E-state index in [4.69, 9.17) is 11.6 Å². The highest BCUT2D eigenvalue weighted by atomic mass is 35.5. The molecule has 0 atom stereocenters. The third kappa shape index (κ3) is 2.40. The fraction of sp³-hybridized carbons (Fsp3) is 0.214. The number of nitro benzene ring substituents is 2. The SMILES string of the molecule is Cn1c(=O)c(Cl)c(N2C(=O)CCC2=O)c2cc([N+](=O)[O-])cc([N+](=O)[O-])c21. The van der Waals surface area contributed by atoms with Gasteiger partial charge in [-0.25, -0.2) is 4.90 Å². The van der Waals surface area contributed by atoms with E-state index in [2.05, 4.69) is 0 Å². The molecule has 3 rings (SSSR count). The molecule has 0 bridgehead atoms. The summed E-state index contributed by atoms with van der Waals surface area (Å²) in [5.74, 6) is -1.30. The Hall–Kier alpha value is -3.34. The van der Waals surface area contributed by atoms with Crippen LogP contribution in [0.2, 0.25) is 5.02 Å². The quantitative estimate of drug-likeness (QED) is 0.447. The number of nitro groups is 2. The van der Waals surface area contributed by atoms with Crippen molar-refractivity contribution in [1.82, 2.24) is 4.57 Å². The van der Waals surface area contributed by atoms with E-state index in [1.165, 1.54) is 7.05 Å². The van der Waals surface area contributed by atoms with E-state index >= 15 is 0 Å². The lowest BCUT2D eigenvalue weighted by atomic mass is 10.1. The number of fused-ring (bicyclic) bond motifs is 1. The van der Waals surface area contributed by atoms with Crippen molar-refractivity contribution in [2.75, 3.05) is 4.90 Å². The van der Waals surface area contributed by atoms with Gasteiger partial charge in [0.2, 0.25) is 11.8 Å². The van der Waals surface area contributed by atoms with E-state index < -0.39 is 43.6 Å². The molecule has 0 unspecified atom stereocenters. The van der Waals surface area contributed by atoms with Gasteiger partial charge in [0.15, 0.2) is 0 Å². The van der Waals surface area contributed by atoms with Gasteiger partial charge in [-0.1, -0.05) is 11.6 Å². The number of imide groups is 1. The first-order valence-corrected chi connectivity index (χ1v) is 7.53. The predicted octanol–water partition coefficient (Wildman–Crippen LogP) is 1.66. The Morgan fingerprint density at radius 1 is 1.04 bits per heavy atom. The van der Waals surface area contributed by atoms with E-state index in [9.17, 15) is 34.6 Å². The summed E-state index contributed by atoms with van der Waals surface area (Å²) in [6.07, 6.45) is -0.244. The molecule has 1 aliphatic heterocycles. The Kier molecular flexibility index (Phi) is 3.95. The molecule has 0 N–H and O–H groups in total. The van der Waals surface area contributed by atoms with Crippen LogP contribution in [-0.2, 0) is 16.6 Å². The van der Waals surface area contributed by atoms with E-state index in [-0.39, 0.29) is 29.4 Å². The molecule has 0 aliphatic carbocycles. The minimum atomic E-state index is -0.889. The Morgan fingerprint density at radius 2 is 1.62 bits per heavy atom. The third-order valence-electron chi connectivity index (χ3n) is 4.05. The number of amides is 2. The summed E-state index contributed by atoms with van der Waals surface area (Å²) in [7, 11) is 1.20. The monoisotopic (exact) mass is 380 g/mol. The molecule has 12 heteroatoms. The number of non-ortho nitro benzene ring substituents is 2. The summed E-state index contributed by atoms with van der Waals surface area (Å²) in [6, 6.07) is 1.65. The van der Waals surface area contributed by atoms with Crippen LogP contribution in [0.4, 0.5) is 17.1 Å². The minimum absolute atomic E-state index is 0.122. The molecular weight excluding hydrogens is 372 g/mol. The van der Waals surface area contributed by atoms with Crippen molar-refractivity contribution in [3.8, 4) is 0 Å². The number of halogens is 1. The normalized spacial score (nSPS) is 14.3. The lowest BCUT2D eigenvalue weighted by molar-refractivity contribution is -0.393. The van der Waals surface area contributed by atoms with Gasteiger partial charge in [0.25, 0.3) is 11.2 Å². The van der Waals surface area contributed by atoms with Crippen LogP contribution < -0.4 is 10.5 Å². The van der Waals surface area contributed by atoms with Gasteiger partial charge in [-0.05, 0) is 0 Å². The molecule has 1 saturated heterocycles. The van der Waals surface area contributed by atoms with Gasteiger partial charge in [0.05, 0.1) is 21.6 Å². The molecule has 2 aromatic rings.